The van der Waals surface area contributed by atoms with Crippen molar-refractivity contribution in [2.24, 2.45) is 5.92 Å². The zero-order valence-corrected chi connectivity index (χ0v) is 19.1. The SMILES string of the molecule is O=C(C1CCN(S(=O)(=O)/C=C/c2ccccc2)CC1)N1CCCN(c2nccs2)CC1. The highest BCUT2D eigenvalue weighted by Crippen LogP contribution is 2.24. The molecular weight excluding hydrogens is 432 g/mol. The number of hydrogen-bond acceptors (Lipinski definition) is 6. The molecule has 166 valence electrons. The second-order valence-electron chi connectivity index (χ2n) is 7.91. The van der Waals surface area contributed by atoms with Crippen LogP contribution in [0.25, 0.3) is 6.08 Å². The molecule has 2 aliphatic heterocycles. The number of benzene rings is 1. The van der Waals surface area contributed by atoms with Crippen LogP contribution in [0.3, 0.4) is 0 Å². The van der Waals surface area contributed by atoms with Crippen molar-refractivity contribution >= 4 is 38.5 Å². The van der Waals surface area contributed by atoms with Crippen molar-refractivity contribution in [3.05, 3.63) is 52.9 Å². The smallest absolute Gasteiger partial charge is 0.236 e. The van der Waals surface area contributed by atoms with Gasteiger partial charge in [0.2, 0.25) is 15.9 Å². The van der Waals surface area contributed by atoms with Crippen LogP contribution in [0, 0.1) is 5.92 Å². The lowest BCUT2D eigenvalue weighted by molar-refractivity contribution is -0.136. The zero-order valence-electron chi connectivity index (χ0n) is 17.5. The normalized spacial score (nSPS) is 19.6. The van der Waals surface area contributed by atoms with Crippen molar-refractivity contribution in [2.75, 3.05) is 44.2 Å². The maximum atomic E-state index is 13.1. The molecule has 3 heterocycles. The predicted molar refractivity (Wildman–Crippen MR) is 124 cm³/mol. The first-order chi connectivity index (χ1) is 15.0. The monoisotopic (exact) mass is 460 g/mol. The first kappa shape index (κ1) is 22.0. The molecule has 1 aromatic carbocycles. The molecule has 0 atom stereocenters. The van der Waals surface area contributed by atoms with E-state index in [1.165, 1.54) is 9.71 Å². The molecule has 0 unspecified atom stereocenters. The minimum Gasteiger partial charge on any atom is -0.346 e. The van der Waals surface area contributed by atoms with Gasteiger partial charge in [0, 0.05) is 62.2 Å². The summed E-state index contributed by atoms with van der Waals surface area (Å²) in [5.41, 5.74) is 0.851. The van der Waals surface area contributed by atoms with E-state index in [4.69, 9.17) is 0 Å². The van der Waals surface area contributed by atoms with Gasteiger partial charge in [-0.3, -0.25) is 4.79 Å². The first-order valence-corrected chi connectivity index (χ1v) is 13.1. The number of sulfonamides is 1. The Morgan fingerprint density at radius 1 is 1.03 bits per heavy atom. The third kappa shape index (κ3) is 5.53. The van der Waals surface area contributed by atoms with E-state index in [1.807, 2.05) is 46.8 Å². The van der Waals surface area contributed by atoms with E-state index in [0.717, 1.165) is 36.8 Å². The van der Waals surface area contributed by atoms with Gasteiger partial charge >= 0.3 is 0 Å². The molecule has 0 N–H and O–H groups in total. The summed E-state index contributed by atoms with van der Waals surface area (Å²) in [6.07, 6.45) is 5.50. The highest BCUT2D eigenvalue weighted by molar-refractivity contribution is 7.92. The molecule has 2 aliphatic rings. The summed E-state index contributed by atoms with van der Waals surface area (Å²) < 4.78 is 26.8. The minimum atomic E-state index is -3.48. The standard InChI is InChI=1S/C22H28N4O3S2/c27-21(24-11-4-12-25(16-15-24)22-23-10-17-30-22)20-7-13-26(14-8-20)31(28,29)18-9-19-5-2-1-3-6-19/h1-3,5-6,9-10,17-18,20H,4,7-8,11-16H2/b18-9+. The van der Waals surface area contributed by atoms with Gasteiger partial charge < -0.3 is 9.80 Å². The molecular formula is C22H28N4O3S2. The number of aromatic nitrogens is 1. The second-order valence-corrected chi connectivity index (χ2v) is 10.6. The fourth-order valence-electron chi connectivity index (χ4n) is 4.13. The third-order valence-electron chi connectivity index (χ3n) is 5.89. The molecule has 2 fully saturated rings. The largest absolute Gasteiger partial charge is 0.346 e. The Balaban J connectivity index is 1.30. The van der Waals surface area contributed by atoms with Crippen LogP contribution >= 0.6 is 11.3 Å². The van der Waals surface area contributed by atoms with Gasteiger partial charge in [-0.15, -0.1) is 11.3 Å². The van der Waals surface area contributed by atoms with Gasteiger partial charge in [-0.1, -0.05) is 30.3 Å². The molecule has 0 spiro atoms. The van der Waals surface area contributed by atoms with Gasteiger partial charge in [-0.2, -0.15) is 4.31 Å². The highest BCUT2D eigenvalue weighted by atomic mass is 32.2. The van der Waals surface area contributed by atoms with Crippen molar-refractivity contribution in [3.8, 4) is 0 Å². The van der Waals surface area contributed by atoms with Gasteiger partial charge in [-0.25, -0.2) is 13.4 Å². The molecule has 0 bridgehead atoms. The van der Waals surface area contributed by atoms with E-state index >= 15 is 0 Å². The van der Waals surface area contributed by atoms with Crippen LogP contribution < -0.4 is 4.90 Å². The Bertz CT molecular complexity index is 985. The lowest BCUT2D eigenvalue weighted by atomic mass is 9.96. The summed E-state index contributed by atoms with van der Waals surface area (Å²) in [5, 5.41) is 4.25. The third-order valence-corrected chi connectivity index (χ3v) is 8.29. The Morgan fingerprint density at radius 2 is 1.81 bits per heavy atom. The Morgan fingerprint density at radius 3 is 2.52 bits per heavy atom. The molecule has 1 aromatic heterocycles. The zero-order chi connectivity index (χ0) is 21.7. The summed E-state index contributed by atoms with van der Waals surface area (Å²) in [4.78, 5) is 21.7. The summed E-state index contributed by atoms with van der Waals surface area (Å²) >= 11 is 1.62. The van der Waals surface area contributed by atoms with Crippen LogP contribution in [-0.4, -0.2) is 67.8 Å². The van der Waals surface area contributed by atoms with Gasteiger partial charge in [0.25, 0.3) is 0 Å². The van der Waals surface area contributed by atoms with E-state index in [2.05, 4.69) is 9.88 Å². The average Bonchev–Trinajstić information content (AvgIpc) is 3.23. The quantitative estimate of drug-likeness (QED) is 0.686. The van der Waals surface area contributed by atoms with Crippen LogP contribution in [0.5, 0.6) is 0 Å². The lowest BCUT2D eigenvalue weighted by Crippen LogP contribution is -2.45. The van der Waals surface area contributed by atoms with Gasteiger partial charge in [0.1, 0.15) is 0 Å². The van der Waals surface area contributed by atoms with Crippen molar-refractivity contribution < 1.29 is 13.2 Å². The predicted octanol–water partition coefficient (Wildman–Crippen LogP) is 2.89. The van der Waals surface area contributed by atoms with Crippen molar-refractivity contribution in [2.45, 2.75) is 19.3 Å². The number of thiazole rings is 1. The number of hydrogen-bond donors (Lipinski definition) is 0. The van der Waals surface area contributed by atoms with Crippen molar-refractivity contribution in [1.29, 1.82) is 0 Å². The average molecular weight is 461 g/mol. The molecule has 0 radical (unpaired) electrons. The molecule has 7 nitrogen and oxygen atoms in total. The van der Waals surface area contributed by atoms with Crippen LogP contribution in [0.15, 0.2) is 47.3 Å². The molecule has 4 rings (SSSR count). The maximum absolute atomic E-state index is 13.1. The van der Waals surface area contributed by atoms with E-state index in [9.17, 15) is 13.2 Å². The molecule has 2 saturated heterocycles. The Hall–Kier alpha value is -2.23. The Kier molecular flexibility index (Phi) is 7.04. The van der Waals surface area contributed by atoms with E-state index in [0.29, 0.717) is 32.5 Å². The van der Waals surface area contributed by atoms with Gasteiger partial charge in [0.15, 0.2) is 5.13 Å². The van der Waals surface area contributed by atoms with Gasteiger partial charge in [-0.05, 0) is 30.9 Å². The number of nitrogens with zero attached hydrogens (tertiary/aromatic N) is 4. The lowest BCUT2D eigenvalue weighted by Gasteiger charge is -2.32. The summed E-state index contributed by atoms with van der Waals surface area (Å²) in [6, 6.07) is 9.39. The molecule has 0 aliphatic carbocycles. The van der Waals surface area contributed by atoms with Crippen LogP contribution in [0.4, 0.5) is 5.13 Å². The highest BCUT2D eigenvalue weighted by Gasteiger charge is 2.32. The Labute approximate surface area is 188 Å². The van der Waals surface area contributed by atoms with E-state index < -0.39 is 10.0 Å². The van der Waals surface area contributed by atoms with Crippen molar-refractivity contribution in [1.82, 2.24) is 14.2 Å². The minimum absolute atomic E-state index is 0.101. The fraction of sp³-hybridized carbons (Fsp3) is 0.455. The molecule has 1 amide bonds. The van der Waals surface area contributed by atoms with Crippen LogP contribution in [0.1, 0.15) is 24.8 Å². The summed E-state index contributed by atoms with van der Waals surface area (Å²) in [7, 11) is -3.48. The summed E-state index contributed by atoms with van der Waals surface area (Å²) in [5.74, 6) is 0.0637. The first-order valence-electron chi connectivity index (χ1n) is 10.7. The molecule has 2 aromatic rings. The number of amides is 1. The number of rotatable bonds is 5. The summed E-state index contributed by atoms with van der Waals surface area (Å²) in [6.45, 7) is 3.90. The van der Waals surface area contributed by atoms with Gasteiger partial charge in [0.05, 0.1) is 0 Å². The molecule has 9 heteroatoms. The number of carbonyl (C=O) groups excluding carboxylic acids is 1. The number of carbonyl (C=O) groups is 1. The second kappa shape index (κ2) is 9.93. The van der Waals surface area contributed by atoms with Crippen molar-refractivity contribution in [3.63, 3.8) is 0 Å². The topological polar surface area (TPSA) is 73.8 Å². The van der Waals surface area contributed by atoms with Crippen LogP contribution in [0.2, 0.25) is 0 Å². The van der Waals surface area contributed by atoms with E-state index in [-0.39, 0.29) is 11.8 Å². The van der Waals surface area contributed by atoms with Crippen LogP contribution in [-0.2, 0) is 14.8 Å². The molecule has 0 saturated carbocycles. The van der Waals surface area contributed by atoms with E-state index in [1.54, 1.807) is 17.4 Å². The maximum Gasteiger partial charge on any atom is 0.236 e. The molecule has 31 heavy (non-hydrogen) atoms. The number of piperidine rings is 1. The number of anilines is 1. The fourth-order valence-corrected chi connectivity index (χ4v) is 6.05.